The summed E-state index contributed by atoms with van der Waals surface area (Å²) in [5.74, 6) is 4.73. The van der Waals surface area contributed by atoms with Gasteiger partial charge in [0.1, 0.15) is 0 Å². The number of hydrogen-bond donors (Lipinski definition) is 5. The van der Waals surface area contributed by atoms with Crippen LogP contribution in [0.4, 0.5) is 13.2 Å². The number of amides is 1. The van der Waals surface area contributed by atoms with Crippen LogP contribution in [0.2, 0.25) is 0 Å². The van der Waals surface area contributed by atoms with Gasteiger partial charge in [0.15, 0.2) is 11.5 Å². The molecule has 0 spiro atoms. The highest BCUT2D eigenvalue weighted by atomic mass is 19.4. The minimum atomic E-state index is -4.45. The van der Waals surface area contributed by atoms with Gasteiger partial charge in [0.05, 0.1) is 11.2 Å². The minimum absolute atomic E-state index is 0.220. The van der Waals surface area contributed by atoms with Crippen LogP contribution in [-0.2, 0) is 22.8 Å². The Morgan fingerprint density at radius 3 is 2.49 bits per heavy atom. The van der Waals surface area contributed by atoms with Crippen molar-refractivity contribution in [3.05, 3.63) is 58.7 Å². The van der Waals surface area contributed by atoms with E-state index in [1.165, 1.54) is 31.0 Å². The molecule has 0 bridgehead atoms. The monoisotopic (exact) mass is 542 g/mol. The molecule has 2 saturated carbocycles. The smallest absolute Gasteiger partial charge is 0.416 e. The number of aromatic hydroxyl groups is 2. The summed E-state index contributed by atoms with van der Waals surface area (Å²) in [7, 11) is 0. The molecule has 0 saturated heterocycles. The van der Waals surface area contributed by atoms with Gasteiger partial charge in [-0.25, -0.2) is 0 Å². The molecule has 2 aromatic rings. The molecule has 0 aromatic heterocycles. The lowest BCUT2D eigenvalue weighted by molar-refractivity contribution is -0.137. The van der Waals surface area contributed by atoms with Crippen LogP contribution < -0.4 is 10.6 Å². The van der Waals surface area contributed by atoms with Crippen molar-refractivity contribution in [1.82, 2.24) is 10.6 Å². The van der Waals surface area contributed by atoms with Crippen molar-refractivity contribution in [2.24, 2.45) is 5.92 Å². The predicted octanol–water partition coefficient (Wildman–Crippen LogP) is 4.14. The van der Waals surface area contributed by atoms with Crippen LogP contribution in [0.25, 0.3) is 0 Å². The zero-order chi connectivity index (χ0) is 27.8. The van der Waals surface area contributed by atoms with Gasteiger partial charge in [0.25, 0.3) is 5.91 Å². The van der Waals surface area contributed by atoms with E-state index in [9.17, 15) is 33.3 Å². The number of fused-ring (bicyclic) bond motifs is 3. The van der Waals surface area contributed by atoms with Crippen molar-refractivity contribution in [2.75, 3.05) is 13.1 Å². The van der Waals surface area contributed by atoms with Crippen molar-refractivity contribution in [1.29, 1.82) is 0 Å². The van der Waals surface area contributed by atoms with Crippen molar-refractivity contribution >= 4 is 5.91 Å². The second-order valence-electron chi connectivity index (χ2n) is 11.2. The molecule has 39 heavy (non-hydrogen) atoms. The lowest BCUT2D eigenvalue weighted by atomic mass is 9.52. The summed E-state index contributed by atoms with van der Waals surface area (Å²) in [5.41, 5.74) is -1.07. The summed E-state index contributed by atoms with van der Waals surface area (Å²) in [6, 6.07) is 7.21. The Hall–Kier alpha value is -3.22. The van der Waals surface area contributed by atoms with E-state index in [1.54, 1.807) is 6.07 Å². The van der Waals surface area contributed by atoms with Gasteiger partial charge in [0.2, 0.25) is 0 Å². The number of alkyl halides is 3. The number of nitrogens with one attached hydrogen (secondary N) is 2. The fraction of sp³-hybridized carbons (Fsp3) is 0.500. The summed E-state index contributed by atoms with van der Waals surface area (Å²) < 4.78 is 38.4. The van der Waals surface area contributed by atoms with Gasteiger partial charge in [-0.2, -0.15) is 13.2 Å². The number of carbonyl (C=O) groups excluding carboxylic acids is 1. The maximum absolute atomic E-state index is 12.8. The Bertz CT molecular complexity index is 1300. The number of halogens is 3. The van der Waals surface area contributed by atoms with Gasteiger partial charge in [-0.15, -0.1) is 0 Å². The number of phenolic OH excluding ortho intramolecular Hbond substituents is 2. The number of aryl methyl sites for hydroxylation is 1. The second kappa shape index (κ2) is 10.4. The molecule has 2 aromatic carbocycles. The van der Waals surface area contributed by atoms with Gasteiger partial charge in [-0.3, -0.25) is 4.79 Å². The van der Waals surface area contributed by atoms with E-state index in [1.807, 2.05) is 0 Å². The van der Waals surface area contributed by atoms with E-state index in [4.69, 9.17) is 0 Å². The van der Waals surface area contributed by atoms with Gasteiger partial charge >= 0.3 is 6.18 Å². The number of benzene rings is 2. The fourth-order valence-corrected chi connectivity index (χ4v) is 6.38. The average Bonchev–Trinajstić information content (AvgIpc) is 3.72. The molecule has 0 radical (unpaired) electrons. The summed E-state index contributed by atoms with van der Waals surface area (Å²) in [5, 5.41) is 39.7. The predicted molar refractivity (Wildman–Crippen MR) is 139 cm³/mol. The van der Waals surface area contributed by atoms with Crippen molar-refractivity contribution in [3.63, 3.8) is 0 Å². The molecule has 9 heteroatoms. The van der Waals surface area contributed by atoms with Gasteiger partial charge in [-0.1, -0.05) is 12.0 Å². The van der Waals surface area contributed by atoms with Crippen molar-refractivity contribution in [3.8, 4) is 23.3 Å². The minimum Gasteiger partial charge on any atom is -0.504 e. The van der Waals surface area contributed by atoms with Crippen LogP contribution in [0.3, 0.4) is 0 Å². The Balaban J connectivity index is 1.36. The Morgan fingerprint density at radius 1 is 1.05 bits per heavy atom. The first-order chi connectivity index (χ1) is 18.5. The Kier molecular flexibility index (Phi) is 7.29. The van der Waals surface area contributed by atoms with E-state index in [-0.39, 0.29) is 23.1 Å². The highest BCUT2D eigenvalue weighted by Crippen LogP contribution is 2.58. The van der Waals surface area contributed by atoms with Gasteiger partial charge in [-0.05, 0) is 106 Å². The summed E-state index contributed by atoms with van der Waals surface area (Å²) in [6.45, 7) is 1.51. The zero-order valence-electron chi connectivity index (χ0n) is 21.6. The number of hydrogen-bond acceptors (Lipinski definition) is 5. The standard InChI is InChI=1S/C30H33F3N2O4/c31-30(32,33)22-7-3-19(4-8-22)5-10-25(37)35-23-12-14-29(39)13-11-21-6-9-24(36)27(38)26(21)28(29,17-23)15-16-34-18-20-1-2-20/h3-4,6-9,20,23,34,36,38-39H,1-2,11-18H2,(H,35,37)/t23?,28-,29?/m1/s1. The maximum atomic E-state index is 12.8. The number of phenols is 2. The molecule has 208 valence electrons. The van der Waals surface area contributed by atoms with Crippen molar-refractivity contribution < 1.29 is 33.3 Å². The lowest BCUT2D eigenvalue weighted by Crippen LogP contribution is -2.62. The Morgan fingerprint density at radius 2 is 1.79 bits per heavy atom. The van der Waals surface area contributed by atoms with E-state index in [0.717, 1.165) is 24.2 Å². The normalized spacial score (nSPS) is 26.1. The fourth-order valence-electron chi connectivity index (χ4n) is 6.38. The lowest BCUT2D eigenvalue weighted by Gasteiger charge is -2.56. The molecule has 2 unspecified atom stereocenters. The molecule has 5 rings (SSSR count). The molecule has 3 aliphatic rings. The zero-order valence-corrected chi connectivity index (χ0v) is 21.6. The third-order valence-corrected chi connectivity index (χ3v) is 8.65. The molecule has 3 aliphatic carbocycles. The van der Waals surface area contributed by atoms with E-state index >= 15 is 0 Å². The second-order valence-corrected chi connectivity index (χ2v) is 11.2. The SMILES string of the molecule is O=C(C#Cc1ccc(C(F)(F)F)cc1)NC1CCC2(O)CCc3ccc(O)c(O)c3[C@@]2(CCNCC2CC2)C1. The largest absolute Gasteiger partial charge is 0.504 e. The highest BCUT2D eigenvalue weighted by molar-refractivity contribution is 5.94. The van der Waals surface area contributed by atoms with Crippen LogP contribution in [0.1, 0.15) is 67.2 Å². The van der Waals surface area contributed by atoms with E-state index < -0.39 is 28.7 Å². The van der Waals surface area contributed by atoms with E-state index in [0.29, 0.717) is 56.6 Å². The first-order valence-electron chi connectivity index (χ1n) is 13.5. The third kappa shape index (κ3) is 5.59. The number of rotatable bonds is 6. The van der Waals surface area contributed by atoms with Crippen LogP contribution in [0.5, 0.6) is 11.5 Å². The molecule has 5 N–H and O–H groups in total. The summed E-state index contributed by atoms with van der Waals surface area (Å²) in [6.07, 6.45) is 0.850. The summed E-state index contributed by atoms with van der Waals surface area (Å²) in [4.78, 5) is 12.7. The average molecular weight is 543 g/mol. The number of carbonyl (C=O) groups is 1. The van der Waals surface area contributed by atoms with Crippen LogP contribution in [0, 0.1) is 17.8 Å². The first-order valence-corrected chi connectivity index (χ1v) is 13.5. The van der Waals surface area contributed by atoms with Crippen LogP contribution in [0.15, 0.2) is 36.4 Å². The molecular formula is C30H33F3N2O4. The maximum Gasteiger partial charge on any atom is 0.416 e. The number of aliphatic hydroxyl groups is 1. The molecule has 1 amide bonds. The Labute approximate surface area is 225 Å². The molecular weight excluding hydrogens is 509 g/mol. The molecule has 0 heterocycles. The highest BCUT2D eigenvalue weighted by Gasteiger charge is 2.58. The quantitative estimate of drug-likeness (QED) is 0.215. The molecule has 3 atom stereocenters. The summed E-state index contributed by atoms with van der Waals surface area (Å²) >= 11 is 0. The molecule has 6 nitrogen and oxygen atoms in total. The topological polar surface area (TPSA) is 102 Å². The first kappa shape index (κ1) is 27.4. The third-order valence-electron chi connectivity index (χ3n) is 8.65. The van der Waals surface area contributed by atoms with Crippen LogP contribution >= 0.6 is 0 Å². The van der Waals surface area contributed by atoms with Gasteiger partial charge < -0.3 is 26.0 Å². The van der Waals surface area contributed by atoms with Gasteiger partial charge in [0, 0.05) is 28.5 Å². The van der Waals surface area contributed by atoms with E-state index in [2.05, 4.69) is 22.5 Å². The molecule has 2 fully saturated rings. The van der Waals surface area contributed by atoms with Crippen LogP contribution in [-0.4, -0.2) is 46.0 Å². The molecule has 0 aliphatic heterocycles. The van der Waals surface area contributed by atoms with Crippen molar-refractivity contribution in [2.45, 2.75) is 74.6 Å².